The number of nitrogens with zero attached hydrogens (tertiary/aromatic N) is 1. The molecule has 0 fully saturated rings. The fraction of sp³-hybridized carbons (Fsp3) is 0.875. The van der Waals surface area contributed by atoms with Crippen LogP contribution in [0.15, 0.2) is 24.5 Å². The number of hydrogen-bond acceptors (Lipinski definition) is 7. The van der Waals surface area contributed by atoms with Gasteiger partial charge in [-0.1, -0.05) is 135 Å². The molecule has 8 nitrogen and oxygen atoms in total. The maximum Gasteiger partial charge on any atom is 0.306 e. The van der Waals surface area contributed by atoms with Crippen LogP contribution in [0.1, 0.15) is 174 Å². The third-order valence-corrected chi connectivity index (χ3v) is 9.53. The van der Waals surface area contributed by atoms with Crippen LogP contribution in [0.5, 0.6) is 0 Å². The van der Waals surface area contributed by atoms with Crippen molar-refractivity contribution in [1.82, 2.24) is 0 Å². The molecule has 0 rings (SSSR count). The summed E-state index contributed by atoms with van der Waals surface area (Å²) in [5, 5.41) is 0. The second kappa shape index (κ2) is 33.9. The summed E-state index contributed by atoms with van der Waals surface area (Å²) in [5.74, 6) is -0.359. The lowest BCUT2D eigenvalue weighted by Gasteiger charge is -2.28. The molecule has 0 aromatic heterocycles. The second-order valence-electron chi connectivity index (χ2n) is 14.7. The molecule has 0 N–H and O–H groups in total. The van der Waals surface area contributed by atoms with E-state index in [2.05, 4.69) is 26.0 Å². The summed E-state index contributed by atoms with van der Waals surface area (Å²) in [5.41, 5.74) is 0. The number of allylic oxidation sites excluding steroid dienone is 3. The van der Waals surface area contributed by atoms with Crippen molar-refractivity contribution < 1.29 is 37.3 Å². The summed E-state index contributed by atoms with van der Waals surface area (Å²) in [7, 11) is 1.32. The van der Waals surface area contributed by atoms with Crippen molar-refractivity contribution in [2.24, 2.45) is 0 Å². The minimum atomic E-state index is -4.53. The molecule has 0 bridgehead atoms. The van der Waals surface area contributed by atoms with Crippen molar-refractivity contribution in [3.05, 3.63) is 24.5 Å². The molecule has 9 heteroatoms. The van der Waals surface area contributed by atoms with Gasteiger partial charge in [-0.25, -0.2) is 0 Å². The van der Waals surface area contributed by atoms with Gasteiger partial charge in [-0.3, -0.25) is 9.36 Å². The smallest absolute Gasteiger partial charge is 0.306 e. The van der Waals surface area contributed by atoms with Gasteiger partial charge in [0.1, 0.15) is 19.8 Å². The van der Waals surface area contributed by atoms with E-state index in [1.807, 2.05) is 27.2 Å². The lowest BCUT2D eigenvalue weighted by atomic mass is 10.1. The number of carbonyl (C=O) groups is 1. The van der Waals surface area contributed by atoms with Crippen LogP contribution >= 0.6 is 7.82 Å². The Bertz CT molecular complexity index is 843. The molecule has 0 aliphatic heterocycles. The van der Waals surface area contributed by atoms with Crippen molar-refractivity contribution in [2.45, 2.75) is 180 Å². The summed E-state index contributed by atoms with van der Waals surface area (Å²) in [4.78, 5) is 24.9. The number of quaternary nitrogens is 1. The Labute approximate surface area is 303 Å². The first-order valence-corrected chi connectivity index (χ1v) is 21.6. The van der Waals surface area contributed by atoms with Gasteiger partial charge in [0.15, 0.2) is 6.10 Å². The third kappa shape index (κ3) is 37.9. The van der Waals surface area contributed by atoms with Crippen LogP contribution in [0.4, 0.5) is 0 Å². The van der Waals surface area contributed by atoms with Gasteiger partial charge < -0.3 is 27.9 Å². The Balaban J connectivity index is 4.32. The number of phosphoric acid groups is 1. The summed E-state index contributed by atoms with van der Waals surface area (Å²) >= 11 is 0. The molecule has 0 amide bonds. The highest BCUT2D eigenvalue weighted by molar-refractivity contribution is 7.45. The average molecular weight is 716 g/mol. The fourth-order valence-corrected chi connectivity index (χ4v) is 6.12. The average Bonchev–Trinajstić information content (AvgIpc) is 3.04. The normalized spacial score (nSPS) is 14.1. The molecular formula is C40H78NO7P. The Hall–Kier alpha value is -1.18. The van der Waals surface area contributed by atoms with E-state index in [9.17, 15) is 14.3 Å². The van der Waals surface area contributed by atoms with Crippen LogP contribution in [-0.2, 0) is 27.9 Å². The standard InChI is InChI=1S/C40H78NO7P/c1-6-8-10-12-14-16-18-19-20-21-22-24-26-28-30-32-35-45-37-39(38-47-49(43,44)46-36-34-41(3,4)5)48-40(42)33-31-29-27-25-23-17-15-13-11-9-7-2/h16,18,32,35,39H,6-15,17,19-31,33-34,36-38H2,1-5H3/b18-16-,35-32-/t39-/m1/s1. The topological polar surface area (TPSA) is 94.1 Å². The highest BCUT2D eigenvalue weighted by Crippen LogP contribution is 2.38. The summed E-state index contributed by atoms with van der Waals surface area (Å²) in [6.07, 6.45) is 37.0. The molecule has 1 unspecified atom stereocenters. The first-order chi connectivity index (χ1) is 23.6. The molecule has 0 spiro atoms. The van der Waals surface area contributed by atoms with Gasteiger partial charge in [0.25, 0.3) is 7.82 Å². The molecule has 0 aromatic rings. The van der Waals surface area contributed by atoms with E-state index in [4.69, 9.17) is 18.5 Å². The number of carbonyl (C=O) groups excluding carboxylic acids is 1. The van der Waals surface area contributed by atoms with Gasteiger partial charge in [-0.15, -0.1) is 0 Å². The van der Waals surface area contributed by atoms with Gasteiger partial charge >= 0.3 is 5.97 Å². The molecule has 0 aromatic carbocycles. The van der Waals surface area contributed by atoms with Crippen molar-refractivity contribution in [3.63, 3.8) is 0 Å². The van der Waals surface area contributed by atoms with E-state index in [0.29, 0.717) is 17.4 Å². The van der Waals surface area contributed by atoms with Crippen LogP contribution in [0.2, 0.25) is 0 Å². The summed E-state index contributed by atoms with van der Waals surface area (Å²) < 4.78 is 34.2. The molecule has 0 radical (unpaired) electrons. The zero-order valence-corrected chi connectivity index (χ0v) is 33.5. The van der Waals surface area contributed by atoms with E-state index in [-0.39, 0.29) is 25.8 Å². The molecule has 0 aliphatic carbocycles. The number of esters is 1. The highest BCUT2D eigenvalue weighted by Gasteiger charge is 2.20. The van der Waals surface area contributed by atoms with Crippen LogP contribution in [0.3, 0.4) is 0 Å². The monoisotopic (exact) mass is 716 g/mol. The Morgan fingerprint density at radius 1 is 0.633 bits per heavy atom. The number of hydrogen-bond donors (Lipinski definition) is 0. The van der Waals surface area contributed by atoms with E-state index >= 15 is 0 Å². The van der Waals surface area contributed by atoms with Gasteiger partial charge in [-0.05, 0) is 51.0 Å². The highest BCUT2D eigenvalue weighted by atomic mass is 31.2. The number of rotatable bonds is 37. The molecule has 290 valence electrons. The molecule has 49 heavy (non-hydrogen) atoms. The van der Waals surface area contributed by atoms with Crippen molar-refractivity contribution in [2.75, 3.05) is 47.5 Å². The van der Waals surface area contributed by atoms with E-state index in [1.54, 1.807) is 6.26 Å². The Kier molecular flexibility index (Phi) is 33.1. The van der Waals surface area contributed by atoms with Gasteiger partial charge in [0.2, 0.25) is 0 Å². The number of phosphoric ester groups is 1. The quantitative estimate of drug-likeness (QED) is 0.0158. The van der Waals surface area contributed by atoms with Gasteiger partial charge in [-0.2, -0.15) is 0 Å². The Morgan fingerprint density at radius 2 is 1.08 bits per heavy atom. The van der Waals surface area contributed by atoms with E-state index in [1.165, 1.54) is 122 Å². The van der Waals surface area contributed by atoms with Crippen molar-refractivity contribution in [3.8, 4) is 0 Å². The number of ether oxygens (including phenoxy) is 2. The molecule has 0 saturated heterocycles. The minimum Gasteiger partial charge on any atom is -0.756 e. The largest absolute Gasteiger partial charge is 0.756 e. The van der Waals surface area contributed by atoms with Gasteiger partial charge in [0.05, 0.1) is 34.0 Å². The lowest BCUT2D eigenvalue weighted by molar-refractivity contribution is -0.870. The molecular weight excluding hydrogens is 637 g/mol. The molecule has 0 saturated carbocycles. The summed E-state index contributed by atoms with van der Waals surface area (Å²) in [6.45, 7) is 4.71. The molecule has 2 atom stereocenters. The van der Waals surface area contributed by atoms with Crippen LogP contribution < -0.4 is 4.89 Å². The van der Waals surface area contributed by atoms with Crippen LogP contribution in [0, 0.1) is 0 Å². The third-order valence-electron chi connectivity index (χ3n) is 8.57. The zero-order valence-electron chi connectivity index (χ0n) is 32.6. The SMILES string of the molecule is CCCCCC/C=C\CCCCCCCC/C=C\OC[C@H](COP(=O)([O-])OCC[N+](C)(C)C)OC(=O)CCCCCCCCCCCCC. The minimum absolute atomic E-state index is 0.0173. The molecule has 0 heterocycles. The van der Waals surface area contributed by atoms with Crippen molar-refractivity contribution >= 4 is 13.8 Å². The first-order valence-electron chi connectivity index (χ1n) is 20.1. The van der Waals surface area contributed by atoms with Gasteiger partial charge in [0, 0.05) is 6.42 Å². The second-order valence-corrected chi connectivity index (χ2v) is 16.1. The van der Waals surface area contributed by atoms with Crippen LogP contribution in [0.25, 0.3) is 0 Å². The molecule has 0 aliphatic rings. The number of unbranched alkanes of at least 4 members (excludes halogenated alkanes) is 21. The number of likely N-dealkylation sites (N-methyl/N-ethyl adjacent to an activating group) is 1. The predicted molar refractivity (Wildman–Crippen MR) is 203 cm³/mol. The maximum atomic E-state index is 12.6. The lowest BCUT2D eigenvalue weighted by Crippen LogP contribution is -2.37. The zero-order chi connectivity index (χ0) is 36.3. The summed E-state index contributed by atoms with van der Waals surface area (Å²) in [6, 6.07) is 0. The Morgan fingerprint density at radius 3 is 1.59 bits per heavy atom. The van der Waals surface area contributed by atoms with Crippen molar-refractivity contribution in [1.29, 1.82) is 0 Å². The van der Waals surface area contributed by atoms with E-state index < -0.39 is 13.9 Å². The fourth-order valence-electron chi connectivity index (χ4n) is 5.39. The first kappa shape index (κ1) is 47.8. The van der Waals surface area contributed by atoms with E-state index in [0.717, 1.165) is 32.1 Å². The van der Waals surface area contributed by atoms with Crippen LogP contribution in [-0.4, -0.2) is 64.1 Å². The predicted octanol–water partition coefficient (Wildman–Crippen LogP) is 11.0. The maximum absolute atomic E-state index is 12.6.